The fourth-order valence-corrected chi connectivity index (χ4v) is 3.72. The van der Waals surface area contributed by atoms with Crippen LogP contribution in [0, 0.1) is 0 Å². The highest BCUT2D eigenvalue weighted by molar-refractivity contribution is 6.31. The second kappa shape index (κ2) is 10.2. The lowest BCUT2D eigenvalue weighted by Gasteiger charge is -2.42. The van der Waals surface area contributed by atoms with Crippen LogP contribution < -0.4 is 4.74 Å². The Bertz CT molecular complexity index is 858. The summed E-state index contributed by atoms with van der Waals surface area (Å²) in [6.45, 7) is 1.77. The summed E-state index contributed by atoms with van der Waals surface area (Å²) in [5, 5.41) is 29.8. The predicted molar refractivity (Wildman–Crippen MR) is 113 cm³/mol. The molecule has 2 aromatic rings. The van der Waals surface area contributed by atoms with Crippen molar-refractivity contribution in [3.63, 3.8) is 0 Å². The molecule has 170 valence electrons. The van der Waals surface area contributed by atoms with Crippen molar-refractivity contribution < 1.29 is 33.6 Å². The molecule has 0 saturated carbocycles. The molecule has 2 aromatic carbocycles. The third-order valence-corrected chi connectivity index (χ3v) is 5.79. The topological polar surface area (TPSA) is 79.2 Å². The van der Waals surface area contributed by atoms with Crippen LogP contribution in [0.1, 0.15) is 42.6 Å². The Morgan fingerprint density at radius 3 is 2.48 bits per heavy atom. The van der Waals surface area contributed by atoms with Gasteiger partial charge in [0.25, 0.3) is 0 Å². The van der Waals surface area contributed by atoms with Crippen LogP contribution in [0.2, 0.25) is 5.02 Å². The Balaban J connectivity index is 1.77. The molecule has 1 heterocycles. The van der Waals surface area contributed by atoms with Gasteiger partial charge in [0.05, 0.1) is 13.2 Å². The molecule has 0 aliphatic carbocycles. The van der Waals surface area contributed by atoms with Gasteiger partial charge in [-0.05, 0) is 47.7 Å². The summed E-state index contributed by atoms with van der Waals surface area (Å²) < 4.78 is 39.0. The zero-order valence-corrected chi connectivity index (χ0v) is 17.9. The van der Waals surface area contributed by atoms with Gasteiger partial charge in [0.15, 0.2) is 0 Å². The first kappa shape index (κ1) is 23.9. The summed E-state index contributed by atoms with van der Waals surface area (Å²) in [5.41, 5.74) is 2.06. The van der Waals surface area contributed by atoms with Gasteiger partial charge in [0, 0.05) is 5.02 Å². The Morgan fingerprint density at radius 1 is 1.13 bits per heavy atom. The Hall–Kier alpha value is -1.77. The fraction of sp³-hybridized carbons (Fsp3) is 0.478. The number of benzene rings is 2. The molecule has 0 bridgehead atoms. The molecule has 4 atom stereocenters. The van der Waals surface area contributed by atoms with E-state index in [-0.39, 0.29) is 0 Å². The van der Waals surface area contributed by atoms with Crippen molar-refractivity contribution in [2.75, 3.05) is 13.2 Å². The lowest BCUT2D eigenvalue weighted by atomic mass is 9.89. The number of hydrogen-bond acceptors (Lipinski definition) is 5. The van der Waals surface area contributed by atoms with Crippen LogP contribution in [-0.2, 0) is 11.2 Å². The van der Waals surface area contributed by atoms with E-state index in [2.05, 4.69) is 6.92 Å². The molecule has 31 heavy (non-hydrogen) atoms. The van der Waals surface area contributed by atoms with Crippen molar-refractivity contribution in [2.24, 2.45) is 0 Å². The van der Waals surface area contributed by atoms with E-state index in [9.17, 15) is 24.1 Å². The number of halogens is 3. The Morgan fingerprint density at radius 2 is 1.84 bits per heavy atom. The molecule has 1 saturated heterocycles. The number of aliphatic hydroxyl groups is 3. The minimum absolute atomic E-state index is 0.388. The first-order valence-corrected chi connectivity index (χ1v) is 10.7. The van der Waals surface area contributed by atoms with E-state index in [4.69, 9.17) is 21.1 Å². The van der Waals surface area contributed by atoms with Crippen LogP contribution >= 0.6 is 11.6 Å². The van der Waals surface area contributed by atoms with Crippen LogP contribution in [0.3, 0.4) is 0 Å². The average Bonchev–Trinajstić information content (AvgIpc) is 2.75. The van der Waals surface area contributed by atoms with E-state index < -0.39 is 36.9 Å². The first-order chi connectivity index (χ1) is 14.8. The Labute approximate surface area is 185 Å². The summed E-state index contributed by atoms with van der Waals surface area (Å²) in [6.07, 6.45) is -4.86. The first-order valence-electron chi connectivity index (χ1n) is 10.3. The third-order valence-electron chi connectivity index (χ3n) is 5.42. The second-order valence-electron chi connectivity index (χ2n) is 7.71. The molecule has 1 aliphatic heterocycles. The molecule has 3 rings (SSSR count). The molecule has 0 aromatic heterocycles. The molecule has 5 nitrogen and oxygen atoms in total. The van der Waals surface area contributed by atoms with Crippen LogP contribution in [-0.4, -0.2) is 52.8 Å². The molecular weight excluding hydrogens is 430 g/mol. The Kier molecular flexibility index (Phi) is 7.88. The van der Waals surface area contributed by atoms with Crippen LogP contribution in [0.25, 0.3) is 0 Å². The summed E-state index contributed by atoms with van der Waals surface area (Å²) in [6, 6.07) is 12.4. The van der Waals surface area contributed by atoms with Gasteiger partial charge >= 0.3 is 5.92 Å². The lowest BCUT2D eigenvalue weighted by Crippen LogP contribution is -2.59. The monoisotopic (exact) mass is 456 g/mol. The lowest BCUT2D eigenvalue weighted by molar-refractivity contribution is -0.296. The van der Waals surface area contributed by atoms with Gasteiger partial charge in [-0.15, -0.1) is 0 Å². The van der Waals surface area contributed by atoms with Gasteiger partial charge in [-0.3, -0.25) is 0 Å². The minimum Gasteiger partial charge on any atom is -0.494 e. The molecule has 0 radical (unpaired) electrons. The van der Waals surface area contributed by atoms with E-state index in [0.29, 0.717) is 29.2 Å². The van der Waals surface area contributed by atoms with Crippen molar-refractivity contribution in [3.05, 3.63) is 64.2 Å². The number of alkyl halides is 2. The maximum Gasteiger partial charge on any atom is 0.303 e. The molecule has 0 amide bonds. The van der Waals surface area contributed by atoms with Crippen LogP contribution in [0.15, 0.2) is 42.5 Å². The van der Waals surface area contributed by atoms with E-state index in [1.165, 1.54) is 0 Å². The maximum atomic E-state index is 14.0. The molecular formula is C23H27ClF2O5. The number of rotatable bonds is 8. The highest BCUT2D eigenvalue weighted by Crippen LogP contribution is 2.41. The van der Waals surface area contributed by atoms with E-state index >= 15 is 0 Å². The van der Waals surface area contributed by atoms with Gasteiger partial charge in [-0.25, -0.2) is 8.78 Å². The molecule has 8 heteroatoms. The summed E-state index contributed by atoms with van der Waals surface area (Å²) >= 11 is 6.33. The number of ether oxygens (including phenoxy) is 2. The molecule has 1 aliphatic rings. The van der Waals surface area contributed by atoms with E-state index in [1.807, 2.05) is 24.3 Å². The normalized spacial score (nSPS) is 25.4. The van der Waals surface area contributed by atoms with E-state index in [0.717, 1.165) is 24.2 Å². The number of hydrogen-bond donors (Lipinski definition) is 3. The highest BCUT2D eigenvalue weighted by atomic mass is 35.5. The highest BCUT2D eigenvalue weighted by Gasteiger charge is 2.57. The average molecular weight is 457 g/mol. The zero-order chi connectivity index (χ0) is 22.6. The smallest absolute Gasteiger partial charge is 0.303 e. The standard InChI is InChI=1S/C23H27ClF2O5/c1-2-3-10-30-17-7-4-14(5-8-17)11-16-12-15(6-9-18(16)24)21-20(28)22(29)23(25,26)19(13-27)31-21/h4-9,12,19-22,27-29H,2-3,10-11,13H2,1H3/t19-,20-,21+,22+/m0/s1. The number of aliphatic hydroxyl groups excluding tert-OH is 3. The van der Waals surface area contributed by atoms with Gasteiger partial charge in [0.2, 0.25) is 0 Å². The van der Waals surface area contributed by atoms with E-state index in [1.54, 1.807) is 18.2 Å². The summed E-state index contributed by atoms with van der Waals surface area (Å²) in [7, 11) is 0. The minimum atomic E-state index is -3.76. The summed E-state index contributed by atoms with van der Waals surface area (Å²) in [4.78, 5) is 0. The van der Waals surface area contributed by atoms with Crippen LogP contribution in [0.4, 0.5) is 8.78 Å². The summed E-state index contributed by atoms with van der Waals surface area (Å²) in [5.74, 6) is -2.98. The van der Waals surface area contributed by atoms with Crippen molar-refractivity contribution in [1.82, 2.24) is 0 Å². The second-order valence-corrected chi connectivity index (χ2v) is 8.12. The SMILES string of the molecule is CCCCOc1ccc(Cc2cc([C@H]3O[C@@H](CO)C(F)(F)[C@H](O)[C@H]3O)ccc2Cl)cc1. The van der Waals surface area contributed by atoms with Crippen molar-refractivity contribution in [3.8, 4) is 5.75 Å². The predicted octanol–water partition coefficient (Wildman–Crippen LogP) is 3.90. The quantitative estimate of drug-likeness (QED) is 0.525. The van der Waals surface area contributed by atoms with Gasteiger partial charge in [-0.1, -0.05) is 49.2 Å². The number of unbranched alkanes of at least 4 members (excludes halogenated alkanes) is 1. The fourth-order valence-electron chi connectivity index (χ4n) is 3.54. The molecule has 0 spiro atoms. The molecule has 3 N–H and O–H groups in total. The van der Waals surface area contributed by atoms with Gasteiger partial charge in [0.1, 0.15) is 30.2 Å². The van der Waals surface area contributed by atoms with Gasteiger partial charge in [-0.2, -0.15) is 0 Å². The van der Waals surface area contributed by atoms with Crippen molar-refractivity contribution in [1.29, 1.82) is 0 Å². The molecule has 1 fully saturated rings. The largest absolute Gasteiger partial charge is 0.494 e. The third kappa shape index (κ3) is 5.35. The van der Waals surface area contributed by atoms with Crippen molar-refractivity contribution in [2.45, 2.75) is 56.5 Å². The van der Waals surface area contributed by atoms with Crippen molar-refractivity contribution >= 4 is 11.6 Å². The van der Waals surface area contributed by atoms with Crippen LogP contribution in [0.5, 0.6) is 5.75 Å². The van der Waals surface area contributed by atoms with Gasteiger partial charge < -0.3 is 24.8 Å². The zero-order valence-electron chi connectivity index (χ0n) is 17.2. The maximum absolute atomic E-state index is 14.0. The molecule has 0 unspecified atom stereocenters.